The largest absolute Gasteiger partial charge is 0.536 e. The van der Waals surface area contributed by atoms with Crippen molar-refractivity contribution in [1.29, 1.82) is 0 Å². The highest BCUT2D eigenvalue weighted by molar-refractivity contribution is 7.69. The van der Waals surface area contributed by atoms with Crippen LogP contribution in [-0.4, -0.2) is 64.5 Å². The van der Waals surface area contributed by atoms with Crippen molar-refractivity contribution in [2.45, 2.75) is 44.1 Å². The smallest absolute Gasteiger partial charge is 0.404 e. The number of ether oxygens (including phenoxy) is 1. The van der Waals surface area contributed by atoms with Crippen molar-refractivity contribution in [3.05, 3.63) is 68.2 Å². The van der Waals surface area contributed by atoms with Crippen molar-refractivity contribution in [2.24, 2.45) is 4.99 Å². The Balaban J connectivity index is 1.21. The van der Waals surface area contributed by atoms with E-state index in [2.05, 4.69) is 27.4 Å². The summed E-state index contributed by atoms with van der Waals surface area (Å²) in [5.41, 5.74) is 4.73. The minimum Gasteiger partial charge on any atom is -0.404 e. The van der Waals surface area contributed by atoms with Crippen LogP contribution in [0.4, 0.5) is 11.5 Å². The molecule has 0 radical (unpaired) electrons. The number of aliphatic imine (C=N–C) groups is 1. The van der Waals surface area contributed by atoms with E-state index in [0.717, 1.165) is 10.6 Å². The van der Waals surface area contributed by atoms with Crippen LogP contribution in [0.2, 0.25) is 0 Å². The van der Waals surface area contributed by atoms with Crippen LogP contribution in [0.1, 0.15) is 32.1 Å². The van der Waals surface area contributed by atoms with Crippen LogP contribution in [0.15, 0.2) is 62.0 Å². The predicted molar refractivity (Wildman–Crippen MR) is 175 cm³/mol. The average Bonchev–Trinajstić information content (AvgIpc) is 3.32. The normalized spacial score (nSPS) is 26.1. The molecule has 1 fully saturated rings. The van der Waals surface area contributed by atoms with E-state index in [9.17, 15) is 52.5 Å². The van der Waals surface area contributed by atoms with E-state index in [1.54, 1.807) is 13.8 Å². The summed E-state index contributed by atoms with van der Waals surface area (Å²) in [5, 5.41) is 9.86. The number of fused-ring (bicyclic) bond motifs is 2. The van der Waals surface area contributed by atoms with Gasteiger partial charge in [0.2, 0.25) is 5.78 Å². The predicted octanol–water partition coefficient (Wildman–Crippen LogP) is 3.58. The lowest BCUT2D eigenvalue weighted by molar-refractivity contribution is -0.111. The number of nitrogens with two attached hydrogens (primary N) is 1. The lowest BCUT2D eigenvalue weighted by atomic mass is 9.71. The van der Waals surface area contributed by atoms with Crippen LogP contribution in [-0.2, 0) is 50.7 Å². The molecule has 0 bridgehead atoms. The second kappa shape index (κ2) is 14.1. The first-order valence-corrected chi connectivity index (χ1v) is 20.7. The van der Waals surface area contributed by atoms with Gasteiger partial charge >= 0.3 is 37.0 Å². The molecule has 21 nitrogen and oxygen atoms in total. The summed E-state index contributed by atoms with van der Waals surface area (Å²) in [6.07, 6.45) is -1.57. The van der Waals surface area contributed by atoms with Crippen molar-refractivity contribution in [3.63, 3.8) is 0 Å². The minimum absolute atomic E-state index is 0.0861. The first kappa shape index (κ1) is 39.8. The van der Waals surface area contributed by atoms with E-state index in [-0.39, 0.29) is 27.9 Å². The topological polar surface area (TPSA) is 315 Å². The Kier molecular flexibility index (Phi) is 11.0. The van der Waals surface area contributed by atoms with E-state index >= 15 is 0 Å². The zero-order valence-electron chi connectivity index (χ0n) is 25.7. The maximum Gasteiger partial charge on any atom is 0.536 e. The SMILES string of the molecule is CC1(C)C2=C(Cl)C(=O)C(Cl)=CC2=Nc2ccc(OP(=O)(O)OP(=O)(O)OP(=O)(O)OP(=O)(O)OC[C@H]3OC(n4ccc(N)nc4=O)CC3O)cc21. The Morgan fingerprint density at radius 3 is 2.27 bits per heavy atom. The fraction of sp³-hybridized carbons (Fsp3) is 0.333. The first-order valence-electron chi connectivity index (χ1n) is 13.9. The lowest BCUT2D eigenvalue weighted by Gasteiger charge is -2.36. The van der Waals surface area contributed by atoms with Gasteiger partial charge in [-0.1, -0.05) is 37.0 Å². The standard InChI is InChI=1S/C24H26Cl2N4O17P4/c1-24(2)12-7-11(3-4-14(12)28-15-8-13(25)22(32)21(26)20(15)24)44-49(36,37)46-51(40,41)47-50(38,39)45-48(34,35)42-10-17-16(31)9-19(43-17)30-6-5-18(27)29-23(30)33/h3-8,16-17,19,31H,9-10H2,1-2H3,(H,34,35)(H,36,37)(H,38,39)(H,40,41)(H2,27,29,33)/t16?,17-,19?/m1/s1. The molecule has 5 rings (SSSR count). The molecule has 27 heteroatoms. The van der Waals surface area contributed by atoms with Gasteiger partial charge in [0, 0.05) is 23.6 Å². The molecular weight excluding hydrogens is 811 g/mol. The number of nitrogens with zero attached hydrogens (tertiary/aromatic N) is 3. The lowest BCUT2D eigenvalue weighted by Crippen LogP contribution is -2.32. The van der Waals surface area contributed by atoms with E-state index in [0.29, 0.717) is 17.0 Å². The second-order valence-electron chi connectivity index (χ2n) is 11.3. The molecule has 0 saturated carbocycles. The molecule has 3 aliphatic rings. The summed E-state index contributed by atoms with van der Waals surface area (Å²) in [6.45, 7) is 2.32. The van der Waals surface area contributed by atoms with Gasteiger partial charge in [-0.2, -0.15) is 17.9 Å². The quantitative estimate of drug-likeness (QED) is 0.131. The van der Waals surface area contributed by atoms with Crippen molar-refractivity contribution in [1.82, 2.24) is 9.55 Å². The van der Waals surface area contributed by atoms with Crippen LogP contribution in [0.25, 0.3) is 0 Å². The van der Waals surface area contributed by atoms with Crippen LogP contribution >= 0.6 is 54.5 Å². The molecule has 2 aromatic rings. The number of halogens is 2. The number of phosphoric acid groups is 4. The number of aliphatic hydroxyl groups excluding tert-OH is 1. The molecule has 0 amide bonds. The minimum atomic E-state index is -6.13. The van der Waals surface area contributed by atoms with Gasteiger partial charge in [-0.15, -0.1) is 0 Å². The Labute approximate surface area is 296 Å². The van der Waals surface area contributed by atoms with Crippen LogP contribution in [0.3, 0.4) is 0 Å². The van der Waals surface area contributed by atoms with Crippen molar-refractivity contribution >= 4 is 77.5 Å². The third kappa shape index (κ3) is 9.05. The number of rotatable bonds is 12. The Morgan fingerprint density at radius 1 is 1.00 bits per heavy atom. The summed E-state index contributed by atoms with van der Waals surface area (Å²) in [6, 6.07) is 4.90. The van der Waals surface area contributed by atoms with E-state index in [4.69, 9.17) is 38.2 Å². The highest BCUT2D eigenvalue weighted by Crippen LogP contribution is 2.71. The van der Waals surface area contributed by atoms with Gasteiger partial charge in [-0.25, -0.2) is 28.0 Å². The Morgan fingerprint density at radius 2 is 1.63 bits per heavy atom. The molecule has 1 aliphatic carbocycles. The zero-order valence-corrected chi connectivity index (χ0v) is 30.8. The molecule has 2 aliphatic heterocycles. The van der Waals surface area contributed by atoms with Gasteiger partial charge in [0.15, 0.2) is 0 Å². The number of aliphatic hydroxyl groups is 1. The number of Topliss-reactive ketones (excluding diaryl/α,β-unsaturated/α-hetero) is 1. The summed E-state index contributed by atoms with van der Waals surface area (Å²) in [5.74, 6) is -1.19. The number of ketones is 1. The number of hydrogen-bond acceptors (Lipinski definition) is 16. The average molecular weight is 837 g/mol. The molecule has 0 spiro atoms. The van der Waals surface area contributed by atoms with Gasteiger partial charge in [-0.05, 0) is 35.9 Å². The van der Waals surface area contributed by atoms with E-state index in [1.165, 1.54) is 30.5 Å². The fourth-order valence-electron chi connectivity index (χ4n) is 5.15. The highest BCUT2D eigenvalue weighted by atomic mass is 35.5. The molecule has 1 aromatic carbocycles. The number of carbonyl (C=O) groups is 1. The summed E-state index contributed by atoms with van der Waals surface area (Å²) >= 11 is 12.2. The maximum atomic E-state index is 12.7. The van der Waals surface area contributed by atoms with Gasteiger partial charge < -0.3 is 34.8 Å². The van der Waals surface area contributed by atoms with Crippen molar-refractivity contribution < 1.29 is 74.5 Å². The number of aromatic nitrogens is 2. The molecule has 3 heterocycles. The Bertz CT molecular complexity index is 2160. The third-order valence-corrected chi connectivity index (χ3v) is 13.8. The molecule has 7 N–H and O–H groups in total. The number of anilines is 1. The number of hydrogen-bond donors (Lipinski definition) is 6. The van der Waals surface area contributed by atoms with Crippen molar-refractivity contribution in [3.8, 4) is 5.75 Å². The van der Waals surface area contributed by atoms with Gasteiger partial charge in [0.1, 0.15) is 23.9 Å². The van der Waals surface area contributed by atoms with Crippen LogP contribution in [0.5, 0.6) is 5.75 Å². The molecule has 7 atom stereocenters. The molecule has 51 heavy (non-hydrogen) atoms. The number of nitrogen functional groups attached to an aromatic ring is 1. The van der Waals surface area contributed by atoms with Gasteiger partial charge in [0.05, 0.1) is 34.2 Å². The van der Waals surface area contributed by atoms with Gasteiger partial charge in [0.25, 0.3) is 0 Å². The molecular formula is C24H26Cl2N4O17P4. The highest BCUT2D eigenvalue weighted by Gasteiger charge is 2.47. The van der Waals surface area contributed by atoms with Gasteiger partial charge in [-0.3, -0.25) is 18.8 Å². The number of carbonyl (C=O) groups excluding carboxylic acids is 1. The molecule has 6 unspecified atom stereocenters. The number of benzene rings is 1. The molecule has 1 saturated heterocycles. The zero-order chi connectivity index (χ0) is 37.9. The second-order valence-corrected chi connectivity index (χ2v) is 18.2. The molecule has 1 aromatic heterocycles. The summed E-state index contributed by atoms with van der Waals surface area (Å²) in [4.78, 5) is 72.3. The fourth-order valence-corrected chi connectivity index (χ4v) is 10.8. The number of phosphoric ester groups is 2. The van der Waals surface area contributed by atoms with E-state index in [1.807, 2.05) is 0 Å². The third-order valence-electron chi connectivity index (χ3n) is 7.27. The first-order chi connectivity index (χ1) is 23.4. The van der Waals surface area contributed by atoms with Crippen LogP contribution in [0, 0.1) is 0 Å². The summed E-state index contributed by atoms with van der Waals surface area (Å²) in [7, 11) is -23.6. The maximum absolute atomic E-state index is 12.7. The Hall–Kier alpha value is -2.38. The van der Waals surface area contributed by atoms with Crippen LogP contribution < -0.4 is 15.9 Å². The summed E-state index contributed by atoms with van der Waals surface area (Å²) < 4.78 is 77.4. The van der Waals surface area contributed by atoms with E-state index < -0.39 is 79.0 Å². The van der Waals surface area contributed by atoms with Crippen molar-refractivity contribution in [2.75, 3.05) is 12.3 Å². The monoisotopic (exact) mass is 836 g/mol. The molecule has 278 valence electrons. The number of allylic oxidation sites excluding steroid dienone is 4.